The molecule has 6 nitrogen and oxygen atoms in total. The number of hydrogen-bond acceptors (Lipinski definition) is 6. The summed E-state index contributed by atoms with van der Waals surface area (Å²) in [5.41, 5.74) is 0. The maximum absolute atomic E-state index is 5.95. The van der Waals surface area contributed by atoms with Crippen LogP contribution < -0.4 is 0 Å². The van der Waals surface area contributed by atoms with Gasteiger partial charge in [0.25, 0.3) is 0 Å². The van der Waals surface area contributed by atoms with Crippen LogP contribution in [0.1, 0.15) is 6.42 Å². The second-order valence-corrected chi connectivity index (χ2v) is 7.94. The summed E-state index contributed by atoms with van der Waals surface area (Å²) in [5.74, 6) is 0. The van der Waals surface area contributed by atoms with Crippen LogP contribution >= 0.6 is 0 Å². The van der Waals surface area contributed by atoms with Crippen molar-refractivity contribution in [3.8, 4) is 0 Å². The van der Waals surface area contributed by atoms with Gasteiger partial charge in [0.1, 0.15) is 6.10 Å². The molecule has 0 aromatic carbocycles. The Morgan fingerprint density at radius 1 is 1.05 bits per heavy atom. The Morgan fingerprint density at radius 3 is 2.26 bits per heavy atom. The van der Waals surface area contributed by atoms with E-state index in [0.29, 0.717) is 12.7 Å². The predicted octanol–water partition coefficient (Wildman–Crippen LogP) is 0.110. The SMILES string of the molecule is C(COCC1CO1)C[Si]12OCCN(CCO1)CCO2. The summed E-state index contributed by atoms with van der Waals surface area (Å²) in [7, 11) is -2.43. The van der Waals surface area contributed by atoms with E-state index in [0.717, 1.165) is 65.1 Å². The fourth-order valence-corrected chi connectivity index (χ4v) is 4.90. The molecular weight excluding hydrogens is 266 g/mol. The van der Waals surface area contributed by atoms with Gasteiger partial charge in [-0.15, -0.1) is 0 Å². The monoisotopic (exact) mass is 289 g/mol. The van der Waals surface area contributed by atoms with Crippen molar-refractivity contribution in [2.45, 2.75) is 18.6 Å². The Bertz CT molecular complexity index is 263. The van der Waals surface area contributed by atoms with Crippen molar-refractivity contribution >= 4 is 8.80 Å². The van der Waals surface area contributed by atoms with Crippen molar-refractivity contribution < 1.29 is 22.8 Å². The highest BCUT2D eigenvalue weighted by Gasteiger charge is 2.43. The molecule has 110 valence electrons. The van der Waals surface area contributed by atoms with E-state index < -0.39 is 8.80 Å². The van der Waals surface area contributed by atoms with Gasteiger partial charge in [-0.05, 0) is 6.42 Å². The standard InChI is InChI=1S/C12H23NO5Si/c1(5-14-10-12-11-15-12)9-19-16-6-2-13(3-7-17-19)4-8-18-19/h12H,1-11H2. The zero-order chi connectivity index (χ0) is 13.0. The zero-order valence-electron chi connectivity index (χ0n) is 11.3. The largest absolute Gasteiger partial charge is 0.501 e. The molecule has 1 atom stereocenters. The van der Waals surface area contributed by atoms with Crippen molar-refractivity contribution in [2.75, 3.05) is 59.3 Å². The summed E-state index contributed by atoms with van der Waals surface area (Å²) >= 11 is 0. The highest BCUT2D eigenvalue weighted by atomic mass is 28.4. The first kappa shape index (κ1) is 13.9. The van der Waals surface area contributed by atoms with Crippen LogP contribution in [-0.4, -0.2) is 79.1 Å². The predicted molar refractivity (Wildman–Crippen MR) is 70.0 cm³/mol. The fraction of sp³-hybridized carbons (Fsp3) is 1.00. The Labute approximate surface area is 115 Å². The molecule has 7 heteroatoms. The molecule has 0 N–H and O–H groups in total. The Balaban J connectivity index is 1.42. The van der Waals surface area contributed by atoms with Crippen molar-refractivity contribution in [3.63, 3.8) is 0 Å². The minimum absolute atomic E-state index is 0.341. The summed E-state index contributed by atoms with van der Waals surface area (Å²) in [5, 5.41) is 0. The molecule has 0 radical (unpaired) electrons. The van der Waals surface area contributed by atoms with E-state index in [-0.39, 0.29) is 0 Å². The lowest BCUT2D eigenvalue weighted by Crippen LogP contribution is -2.55. The van der Waals surface area contributed by atoms with E-state index in [1.807, 2.05) is 0 Å². The van der Waals surface area contributed by atoms with Crippen LogP contribution in [0, 0.1) is 0 Å². The highest BCUT2D eigenvalue weighted by Crippen LogP contribution is 2.22. The summed E-state index contributed by atoms with van der Waals surface area (Å²) in [4.78, 5) is 2.33. The molecule has 0 amide bonds. The molecule has 4 fully saturated rings. The summed E-state index contributed by atoms with van der Waals surface area (Å²) in [6.45, 7) is 7.47. The fourth-order valence-electron chi connectivity index (χ4n) is 2.44. The minimum atomic E-state index is -2.43. The molecule has 4 aliphatic rings. The molecule has 0 aromatic heterocycles. The lowest BCUT2D eigenvalue weighted by Gasteiger charge is -2.38. The number of nitrogens with zero attached hydrogens (tertiary/aromatic N) is 1. The average Bonchev–Trinajstić information content (AvgIpc) is 3.13. The third kappa shape index (κ3) is 4.22. The minimum Gasteiger partial charge on any atom is -0.379 e. The smallest absolute Gasteiger partial charge is 0.379 e. The Kier molecular flexibility index (Phi) is 4.86. The number of hydrogen-bond donors (Lipinski definition) is 0. The quantitative estimate of drug-likeness (QED) is 0.393. The van der Waals surface area contributed by atoms with Gasteiger partial charge in [0.15, 0.2) is 0 Å². The molecule has 2 bridgehead atoms. The molecule has 4 heterocycles. The van der Waals surface area contributed by atoms with Crippen molar-refractivity contribution in [1.82, 2.24) is 4.90 Å². The van der Waals surface area contributed by atoms with Gasteiger partial charge >= 0.3 is 8.80 Å². The molecule has 4 saturated heterocycles. The molecule has 0 aliphatic carbocycles. The molecule has 0 saturated carbocycles. The lowest BCUT2D eigenvalue weighted by atomic mass is 10.4. The van der Waals surface area contributed by atoms with Crippen LogP contribution in [0.2, 0.25) is 6.04 Å². The van der Waals surface area contributed by atoms with Crippen LogP contribution in [-0.2, 0) is 22.8 Å². The first-order valence-corrected chi connectivity index (χ1v) is 9.13. The van der Waals surface area contributed by atoms with E-state index in [2.05, 4.69) is 4.90 Å². The van der Waals surface area contributed by atoms with Crippen molar-refractivity contribution in [3.05, 3.63) is 0 Å². The third-order valence-corrected chi connectivity index (χ3v) is 6.56. The number of ether oxygens (including phenoxy) is 2. The molecule has 19 heavy (non-hydrogen) atoms. The van der Waals surface area contributed by atoms with Crippen LogP contribution in [0.15, 0.2) is 0 Å². The van der Waals surface area contributed by atoms with E-state index in [1.165, 1.54) is 0 Å². The second kappa shape index (κ2) is 6.62. The van der Waals surface area contributed by atoms with Crippen LogP contribution in [0.3, 0.4) is 0 Å². The first-order valence-electron chi connectivity index (χ1n) is 7.20. The topological polar surface area (TPSA) is 52.7 Å². The summed E-state index contributed by atoms with van der Waals surface area (Å²) in [6.07, 6.45) is 1.27. The van der Waals surface area contributed by atoms with E-state index in [1.54, 1.807) is 0 Å². The lowest BCUT2D eigenvalue weighted by molar-refractivity contribution is -0.00984. The van der Waals surface area contributed by atoms with Gasteiger partial charge < -0.3 is 22.8 Å². The second-order valence-electron chi connectivity index (χ2n) is 5.20. The van der Waals surface area contributed by atoms with Gasteiger partial charge in [-0.2, -0.15) is 0 Å². The molecule has 4 aliphatic heterocycles. The average molecular weight is 289 g/mol. The maximum Gasteiger partial charge on any atom is 0.501 e. The first-order chi connectivity index (χ1) is 9.36. The van der Waals surface area contributed by atoms with Crippen LogP contribution in [0.4, 0.5) is 0 Å². The third-order valence-electron chi connectivity index (χ3n) is 3.67. The van der Waals surface area contributed by atoms with Crippen molar-refractivity contribution in [2.24, 2.45) is 0 Å². The highest BCUT2D eigenvalue weighted by molar-refractivity contribution is 6.60. The Morgan fingerprint density at radius 2 is 1.68 bits per heavy atom. The number of rotatable bonds is 6. The molecule has 0 spiro atoms. The van der Waals surface area contributed by atoms with Gasteiger partial charge in [0.05, 0.1) is 33.0 Å². The van der Waals surface area contributed by atoms with E-state index >= 15 is 0 Å². The number of fused-ring (bicyclic) bond motifs is 6. The van der Waals surface area contributed by atoms with E-state index in [9.17, 15) is 0 Å². The summed E-state index contributed by atoms with van der Waals surface area (Å²) in [6, 6.07) is 0.860. The molecular formula is C12H23NO5Si. The van der Waals surface area contributed by atoms with Gasteiger partial charge in [0.2, 0.25) is 0 Å². The molecule has 1 unspecified atom stereocenters. The zero-order valence-corrected chi connectivity index (χ0v) is 12.3. The normalized spacial score (nSPS) is 38.5. The van der Waals surface area contributed by atoms with Gasteiger partial charge in [-0.3, -0.25) is 4.90 Å². The maximum atomic E-state index is 5.95. The van der Waals surface area contributed by atoms with Crippen LogP contribution in [0.25, 0.3) is 0 Å². The number of epoxide rings is 1. The summed E-state index contributed by atoms with van der Waals surface area (Å²) < 4.78 is 28.5. The van der Waals surface area contributed by atoms with E-state index in [4.69, 9.17) is 22.8 Å². The van der Waals surface area contributed by atoms with Gasteiger partial charge in [-0.25, -0.2) is 0 Å². The van der Waals surface area contributed by atoms with Crippen molar-refractivity contribution in [1.29, 1.82) is 0 Å². The van der Waals surface area contributed by atoms with Gasteiger partial charge in [-0.1, -0.05) is 0 Å². The van der Waals surface area contributed by atoms with Crippen LogP contribution in [0.5, 0.6) is 0 Å². The molecule has 0 aromatic rings. The Hall–Kier alpha value is -0.0231. The van der Waals surface area contributed by atoms with Gasteiger partial charge in [0, 0.05) is 32.3 Å². The molecule has 4 rings (SSSR count).